The molecule has 0 atom stereocenters. The molecule has 0 aliphatic carbocycles. The minimum absolute atomic E-state index is 0.0883. The minimum Gasteiger partial charge on any atom is -0.495 e. The number of hydrogen-bond donors (Lipinski definition) is 1. The van der Waals surface area contributed by atoms with E-state index in [1.165, 1.54) is 11.8 Å². The molecule has 1 N–H and O–H groups in total. The number of nitrogens with one attached hydrogen (secondary N) is 1. The largest absolute Gasteiger partial charge is 0.495 e. The molecule has 0 aliphatic heterocycles. The topological polar surface area (TPSA) is 95.3 Å². The number of anilines is 1. The SMILES string of the molecule is CCOC(=O)c1ccccc1NC(=O)CSc1nncn1-c1ccccc1OC. The van der Waals surface area contributed by atoms with Crippen molar-refractivity contribution in [2.24, 2.45) is 0 Å². The first-order valence-corrected chi connectivity index (χ1v) is 9.84. The van der Waals surface area contributed by atoms with Gasteiger partial charge >= 0.3 is 5.97 Å². The van der Waals surface area contributed by atoms with Crippen molar-refractivity contribution in [3.05, 3.63) is 60.4 Å². The highest BCUT2D eigenvalue weighted by atomic mass is 32.2. The van der Waals surface area contributed by atoms with Crippen molar-refractivity contribution in [1.29, 1.82) is 0 Å². The molecule has 8 nitrogen and oxygen atoms in total. The van der Waals surface area contributed by atoms with Gasteiger partial charge in [0.15, 0.2) is 5.16 Å². The third-order valence-electron chi connectivity index (χ3n) is 3.89. The van der Waals surface area contributed by atoms with Crippen molar-refractivity contribution in [1.82, 2.24) is 14.8 Å². The van der Waals surface area contributed by atoms with Crippen molar-refractivity contribution in [2.45, 2.75) is 12.1 Å². The molecule has 0 saturated heterocycles. The number of ether oxygens (including phenoxy) is 2. The molecule has 1 heterocycles. The van der Waals surface area contributed by atoms with Crippen LogP contribution in [0, 0.1) is 0 Å². The third-order valence-corrected chi connectivity index (χ3v) is 4.83. The Hall–Kier alpha value is -3.33. The van der Waals surface area contributed by atoms with Crippen LogP contribution in [0.1, 0.15) is 17.3 Å². The normalized spacial score (nSPS) is 10.4. The number of carbonyl (C=O) groups excluding carboxylic acids is 2. The molecule has 0 bridgehead atoms. The summed E-state index contributed by atoms with van der Waals surface area (Å²) in [6, 6.07) is 14.2. The second kappa shape index (κ2) is 9.74. The van der Waals surface area contributed by atoms with Gasteiger partial charge in [-0.3, -0.25) is 9.36 Å². The van der Waals surface area contributed by atoms with Crippen LogP contribution in [0.15, 0.2) is 60.0 Å². The zero-order chi connectivity index (χ0) is 20.6. The standard InChI is InChI=1S/C20H20N4O4S/c1-3-28-19(26)14-8-4-5-9-15(14)22-18(25)12-29-20-23-21-13-24(20)16-10-6-7-11-17(16)27-2/h4-11,13H,3,12H2,1-2H3,(H,22,25). The van der Waals surface area contributed by atoms with Crippen LogP contribution in [0.25, 0.3) is 5.69 Å². The summed E-state index contributed by atoms with van der Waals surface area (Å²) in [5.41, 5.74) is 1.49. The first-order chi connectivity index (χ1) is 14.1. The number of esters is 1. The molecular formula is C20H20N4O4S. The van der Waals surface area contributed by atoms with Crippen molar-refractivity contribution < 1.29 is 19.1 Å². The van der Waals surface area contributed by atoms with Crippen LogP contribution in [0.4, 0.5) is 5.69 Å². The van der Waals surface area contributed by atoms with Gasteiger partial charge in [0.05, 0.1) is 36.4 Å². The molecule has 2 aromatic carbocycles. The summed E-state index contributed by atoms with van der Waals surface area (Å²) in [5, 5.41) is 11.3. The zero-order valence-corrected chi connectivity index (χ0v) is 16.8. The second-order valence-electron chi connectivity index (χ2n) is 5.76. The fraction of sp³-hybridized carbons (Fsp3) is 0.200. The average Bonchev–Trinajstić information content (AvgIpc) is 3.21. The molecular weight excluding hydrogens is 392 g/mol. The van der Waals surface area contributed by atoms with Gasteiger partial charge in [-0.05, 0) is 31.2 Å². The van der Waals surface area contributed by atoms with Crippen molar-refractivity contribution >= 4 is 29.3 Å². The summed E-state index contributed by atoms with van der Waals surface area (Å²) in [6.45, 7) is 1.99. The Morgan fingerprint density at radius 2 is 1.90 bits per heavy atom. The Morgan fingerprint density at radius 1 is 1.14 bits per heavy atom. The number of rotatable bonds is 8. The summed E-state index contributed by atoms with van der Waals surface area (Å²) in [5.74, 6) is 0.000573. The number of nitrogens with zero attached hydrogens (tertiary/aromatic N) is 3. The first kappa shape index (κ1) is 20.4. The lowest BCUT2D eigenvalue weighted by Gasteiger charge is -2.11. The summed E-state index contributed by atoms with van der Waals surface area (Å²) in [6.07, 6.45) is 1.56. The van der Waals surface area contributed by atoms with E-state index in [4.69, 9.17) is 9.47 Å². The van der Waals surface area contributed by atoms with Crippen molar-refractivity contribution in [3.63, 3.8) is 0 Å². The number of hydrogen-bond acceptors (Lipinski definition) is 7. The highest BCUT2D eigenvalue weighted by molar-refractivity contribution is 7.99. The van der Waals surface area contributed by atoms with E-state index in [1.807, 2.05) is 24.3 Å². The van der Waals surface area contributed by atoms with Crippen LogP contribution in [0.5, 0.6) is 5.75 Å². The third kappa shape index (κ3) is 4.94. The highest BCUT2D eigenvalue weighted by Crippen LogP contribution is 2.26. The molecule has 0 fully saturated rings. The fourth-order valence-corrected chi connectivity index (χ4v) is 3.33. The van der Waals surface area contributed by atoms with Gasteiger partial charge in [-0.25, -0.2) is 4.79 Å². The van der Waals surface area contributed by atoms with Gasteiger partial charge in [-0.15, -0.1) is 10.2 Å². The number of amides is 1. The lowest BCUT2D eigenvalue weighted by atomic mass is 10.2. The maximum absolute atomic E-state index is 12.4. The molecule has 3 aromatic rings. The van der Waals surface area contributed by atoms with Crippen molar-refractivity contribution in [3.8, 4) is 11.4 Å². The number of thioether (sulfide) groups is 1. The molecule has 0 aliphatic rings. The molecule has 0 unspecified atom stereocenters. The molecule has 1 aromatic heterocycles. The quantitative estimate of drug-likeness (QED) is 0.448. The molecule has 9 heteroatoms. The Morgan fingerprint density at radius 3 is 2.69 bits per heavy atom. The minimum atomic E-state index is -0.480. The predicted molar refractivity (Wildman–Crippen MR) is 110 cm³/mol. The van der Waals surface area contributed by atoms with E-state index in [-0.39, 0.29) is 18.3 Å². The van der Waals surface area contributed by atoms with Gasteiger partial charge in [0.25, 0.3) is 0 Å². The van der Waals surface area contributed by atoms with E-state index in [0.717, 1.165) is 5.69 Å². The zero-order valence-electron chi connectivity index (χ0n) is 16.0. The van der Waals surface area contributed by atoms with Crippen molar-refractivity contribution in [2.75, 3.05) is 24.8 Å². The predicted octanol–water partition coefficient (Wildman–Crippen LogP) is 3.18. The van der Waals surface area contributed by atoms with Gasteiger partial charge in [0.2, 0.25) is 5.91 Å². The van der Waals surface area contributed by atoms with Crippen LogP contribution in [-0.4, -0.2) is 46.1 Å². The molecule has 0 spiro atoms. The number of para-hydroxylation sites is 3. The lowest BCUT2D eigenvalue weighted by molar-refractivity contribution is -0.113. The molecule has 1 amide bonds. The lowest BCUT2D eigenvalue weighted by Crippen LogP contribution is -2.17. The van der Waals surface area contributed by atoms with Crippen LogP contribution in [0.2, 0.25) is 0 Å². The maximum atomic E-state index is 12.4. The van der Waals surface area contributed by atoms with E-state index in [0.29, 0.717) is 22.2 Å². The molecule has 29 heavy (non-hydrogen) atoms. The summed E-state index contributed by atoms with van der Waals surface area (Å²) >= 11 is 1.23. The number of aromatic nitrogens is 3. The van der Waals surface area contributed by atoms with E-state index >= 15 is 0 Å². The molecule has 0 radical (unpaired) electrons. The fourth-order valence-electron chi connectivity index (χ4n) is 2.61. The maximum Gasteiger partial charge on any atom is 0.340 e. The van der Waals surface area contributed by atoms with Gasteiger partial charge < -0.3 is 14.8 Å². The number of carbonyl (C=O) groups is 2. The van der Waals surface area contributed by atoms with E-state index < -0.39 is 5.97 Å². The summed E-state index contributed by atoms with van der Waals surface area (Å²) < 4.78 is 12.2. The summed E-state index contributed by atoms with van der Waals surface area (Å²) in [7, 11) is 1.59. The van der Waals surface area contributed by atoms with E-state index in [9.17, 15) is 9.59 Å². The van der Waals surface area contributed by atoms with E-state index in [1.54, 1.807) is 49.2 Å². The smallest absolute Gasteiger partial charge is 0.340 e. The van der Waals surface area contributed by atoms with Gasteiger partial charge in [-0.1, -0.05) is 36.0 Å². The second-order valence-corrected chi connectivity index (χ2v) is 6.70. The Kier molecular flexibility index (Phi) is 6.85. The number of benzene rings is 2. The first-order valence-electron chi connectivity index (χ1n) is 8.86. The Bertz CT molecular complexity index is 1010. The van der Waals surface area contributed by atoms with Crippen LogP contribution in [0.3, 0.4) is 0 Å². The van der Waals surface area contributed by atoms with Crippen LogP contribution >= 0.6 is 11.8 Å². The summed E-state index contributed by atoms with van der Waals surface area (Å²) in [4.78, 5) is 24.5. The molecule has 0 saturated carbocycles. The highest BCUT2D eigenvalue weighted by Gasteiger charge is 2.16. The Labute approximate surface area is 172 Å². The number of methoxy groups -OCH3 is 1. The van der Waals surface area contributed by atoms with Crippen LogP contribution < -0.4 is 10.1 Å². The van der Waals surface area contributed by atoms with Gasteiger partial charge in [0.1, 0.15) is 12.1 Å². The monoisotopic (exact) mass is 412 g/mol. The van der Waals surface area contributed by atoms with Gasteiger partial charge in [0, 0.05) is 0 Å². The average molecular weight is 412 g/mol. The molecule has 150 valence electrons. The van der Waals surface area contributed by atoms with Gasteiger partial charge in [-0.2, -0.15) is 0 Å². The molecule has 3 rings (SSSR count). The van der Waals surface area contributed by atoms with Crippen LogP contribution in [-0.2, 0) is 9.53 Å². The Balaban J connectivity index is 1.69. The van der Waals surface area contributed by atoms with E-state index in [2.05, 4.69) is 15.5 Å².